The Labute approximate surface area is 136 Å². The van der Waals surface area contributed by atoms with Gasteiger partial charge in [-0.05, 0) is 36.5 Å². The number of carbonyl (C=O) groups is 1. The standard InChI is InChI=1S/C17H22ClN3O/c1-11-4-3-5-16(12(11)2)20-10-17(22)21-14-7-6-13(9-19)15(18)8-14/h6-8,11-12,16,20H,3-5,10H2,1-2H3,(H,21,22). The van der Waals surface area contributed by atoms with Crippen molar-refractivity contribution in [2.24, 2.45) is 11.8 Å². The average molecular weight is 320 g/mol. The van der Waals surface area contributed by atoms with E-state index < -0.39 is 0 Å². The predicted octanol–water partition coefficient (Wildman–Crippen LogP) is 3.56. The zero-order valence-corrected chi connectivity index (χ0v) is 13.8. The molecule has 1 aliphatic carbocycles. The summed E-state index contributed by atoms with van der Waals surface area (Å²) in [6, 6.07) is 7.29. The summed E-state index contributed by atoms with van der Waals surface area (Å²) in [5.74, 6) is 1.20. The van der Waals surface area contributed by atoms with Gasteiger partial charge in [0.25, 0.3) is 0 Å². The number of benzene rings is 1. The van der Waals surface area contributed by atoms with E-state index in [1.807, 2.05) is 6.07 Å². The van der Waals surface area contributed by atoms with Gasteiger partial charge in [-0.15, -0.1) is 0 Å². The Kier molecular flexibility index (Phi) is 5.82. The fourth-order valence-corrected chi connectivity index (χ4v) is 3.21. The summed E-state index contributed by atoms with van der Waals surface area (Å²) >= 11 is 5.96. The van der Waals surface area contributed by atoms with Crippen LogP contribution in [0.2, 0.25) is 5.02 Å². The largest absolute Gasteiger partial charge is 0.325 e. The van der Waals surface area contributed by atoms with Gasteiger partial charge in [0.05, 0.1) is 17.1 Å². The first-order valence-corrected chi connectivity index (χ1v) is 8.12. The molecule has 1 fully saturated rings. The summed E-state index contributed by atoms with van der Waals surface area (Å²) in [7, 11) is 0. The van der Waals surface area contributed by atoms with Crippen LogP contribution in [0.4, 0.5) is 5.69 Å². The van der Waals surface area contributed by atoms with Gasteiger partial charge in [-0.2, -0.15) is 5.26 Å². The summed E-state index contributed by atoms with van der Waals surface area (Å²) in [6.07, 6.45) is 3.62. The number of nitrogens with zero attached hydrogens (tertiary/aromatic N) is 1. The minimum absolute atomic E-state index is 0.0915. The second-order valence-corrected chi connectivity index (χ2v) is 6.52. The van der Waals surface area contributed by atoms with E-state index in [1.165, 1.54) is 12.8 Å². The Balaban J connectivity index is 1.85. The molecule has 1 saturated carbocycles. The van der Waals surface area contributed by atoms with Gasteiger partial charge in [0.1, 0.15) is 6.07 Å². The number of hydrogen-bond donors (Lipinski definition) is 2. The minimum atomic E-state index is -0.0915. The zero-order valence-electron chi connectivity index (χ0n) is 13.0. The van der Waals surface area contributed by atoms with Gasteiger partial charge < -0.3 is 10.6 Å². The maximum Gasteiger partial charge on any atom is 0.238 e. The molecule has 1 aromatic rings. The van der Waals surface area contributed by atoms with Gasteiger partial charge in [0.2, 0.25) is 5.91 Å². The topological polar surface area (TPSA) is 64.9 Å². The average Bonchev–Trinajstić information content (AvgIpc) is 2.49. The van der Waals surface area contributed by atoms with Crippen molar-refractivity contribution in [3.05, 3.63) is 28.8 Å². The highest BCUT2D eigenvalue weighted by Gasteiger charge is 2.26. The zero-order chi connectivity index (χ0) is 16.1. The lowest BCUT2D eigenvalue weighted by Gasteiger charge is -2.34. The van der Waals surface area contributed by atoms with Gasteiger partial charge in [0.15, 0.2) is 0 Å². The highest BCUT2D eigenvalue weighted by Crippen LogP contribution is 2.29. The number of amides is 1. The van der Waals surface area contributed by atoms with E-state index >= 15 is 0 Å². The molecule has 0 spiro atoms. The fraction of sp³-hybridized carbons (Fsp3) is 0.529. The molecule has 0 bridgehead atoms. The van der Waals surface area contributed by atoms with Crippen LogP contribution in [-0.2, 0) is 4.79 Å². The Hall–Kier alpha value is -1.57. The van der Waals surface area contributed by atoms with Crippen LogP contribution in [0, 0.1) is 23.2 Å². The normalized spacial score (nSPS) is 24.5. The number of anilines is 1. The van der Waals surface area contributed by atoms with Crippen molar-refractivity contribution in [3.63, 3.8) is 0 Å². The van der Waals surface area contributed by atoms with Crippen molar-refractivity contribution >= 4 is 23.2 Å². The van der Waals surface area contributed by atoms with E-state index in [0.29, 0.717) is 40.7 Å². The molecular formula is C17H22ClN3O. The predicted molar refractivity (Wildman–Crippen MR) is 88.8 cm³/mol. The van der Waals surface area contributed by atoms with Crippen LogP contribution in [0.1, 0.15) is 38.7 Å². The van der Waals surface area contributed by atoms with Gasteiger partial charge in [0, 0.05) is 11.7 Å². The number of nitriles is 1. The first-order chi connectivity index (χ1) is 10.5. The van der Waals surface area contributed by atoms with E-state index in [2.05, 4.69) is 24.5 Å². The molecule has 5 heteroatoms. The minimum Gasteiger partial charge on any atom is -0.325 e. The maximum atomic E-state index is 12.0. The number of nitrogens with one attached hydrogen (secondary N) is 2. The third-order valence-electron chi connectivity index (χ3n) is 4.60. The lowest BCUT2D eigenvalue weighted by molar-refractivity contribution is -0.115. The quantitative estimate of drug-likeness (QED) is 0.891. The Morgan fingerprint density at radius 3 is 2.86 bits per heavy atom. The number of halogens is 1. The van der Waals surface area contributed by atoms with Crippen molar-refractivity contribution in [1.82, 2.24) is 5.32 Å². The molecule has 2 rings (SSSR count). The van der Waals surface area contributed by atoms with Crippen LogP contribution < -0.4 is 10.6 Å². The second-order valence-electron chi connectivity index (χ2n) is 6.11. The SMILES string of the molecule is CC1CCCC(NCC(=O)Nc2ccc(C#N)c(Cl)c2)C1C. The summed E-state index contributed by atoms with van der Waals surface area (Å²) in [5.41, 5.74) is 1.02. The van der Waals surface area contributed by atoms with Crippen molar-refractivity contribution in [2.45, 2.75) is 39.2 Å². The first-order valence-electron chi connectivity index (χ1n) is 7.74. The van der Waals surface area contributed by atoms with E-state index in [9.17, 15) is 4.79 Å². The molecule has 1 aromatic carbocycles. The van der Waals surface area contributed by atoms with Gasteiger partial charge in [-0.1, -0.05) is 38.3 Å². The lowest BCUT2D eigenvalue weighted by atomic mass is 9.78. The molecule has 0 saturated heterocycles. The molecule has 4 nitrogen and oxygen atoms in total. The Morgan fingerprint density at radius 1 is 1.41 bits per heavy atom. The first kappa shape index (κ1) is 16.8. The third kappa shape index (κ3) is 4.22. The molecule has 0 aliphatic heterocycles. The van der Waals surface area contributed by atoms with E-state index in [1.54, 1.807) is 18.2 Å². The molecular weight excluding hydrogens is 298 g/mol. The van der Waals surface area contributed by atoms with Gasteiger partial charge in [-0.25, -0.2) is 0 Å². The number of hydrogen-bond acceptors (Lipinski definition) is 3. The summed E-state index contributed by atoms with van der Waals surface area (Å²) in [6.45, 7) is 4.82. The number of rotatable bonds is 4. The fourth-order valence-electron chi connectivity index (χ4n) is 2.98. The highest BCUT2D eigenvalue weighted by atomic mass is 35.5. The molecule has 22 heavy (non-hydrogen) atoms. The van der Waals surface area contributed by atoms with Crippen molar-refractivity contribution in [1.29, 1.82) is 5.26 Å². The Morgan fingerprint density at radius 2 is 2.18 bits per heavy atom. The molecule has 0 heterocycles. The summed E-state index contributed by atoms with van der Waals surface area (Å²) in [4.78, 5) is 12.0. The van der Waals surface area contributed by atoms with Gasteiger partial charge in [-0.3, -0.25) is 4.79 Å². The molecule has 2 N–H and O–H groups in total. The molecule has 3 unspecified atom stereocenters. The summed E-state index contributed by atoms with van der Waals surface area (Å²) in [5, 5.41) is 15.4. The highest BCUT2D eigenvalue weighted by molar-refractivity contribution is 6.32. The molecule has 0 aromatic heterocycles. The van der Waals surface area contributed by atoms with Crippen LogP contribution >= 0.6 is 11.6 Å². The van der Waals surface area contributed by atoms with Crippen LogP contribution in [0.5, 0.6) is 0 Å². The van der Waals surface area contributed by atoms with Crippen molar-refractivity contribution < 1.29 is 4.79 Å². The molecule has 0 radical (unpaired) electrons. The van der Waals surface area contributed by atoms with E-state index in [0.717, 1.165) is 6.42 Å². The van der Waals surface area contributed by atoms with Crippen LogP contribution in [0.3, 0.4) is 0 Å². The van der Waals surface area contributed by atoms with Crippen molar-refractivity contribution in [2.75, 3.05) is 11.9 Å². The van der Waals surface area contributed by atoms with Gasteiger partial charge >= 0.3 is 0 Å². The maximum absolute atomic E-state index is 12.0. The Bertz CT molecular complexity index is 582. The molecule has 1 aliphatic rings. The van der Waals surface area contributed by atoms with Crippen LogP contribution in [-0.4, -0.2) is 18.5 Å². The smallest absolute Gasteiger partial charge is 0.238 e. The molecule has 1 amide bonds. The van der Waals surface area contributed by atoms with E-state index in [-0.39, 0.29) is 5.91 Å². The second kappa shape index (κ2) is 7.62. The lowest BCUT2D eigenvalue weighted by Crippen LogP contribution is -2.43. The monoisotopic (exact) mass is 319 g/mol. The molecule has 118 valence electrons. The summed E-state index contributed by atoms with van der Waals surface area (Å²) < 4.78 is 0. The van der Waals surface area contributed by atoms with E-state index in [4.69, 9.17) is 16.9 Å². The number of carbonyl (C=O) groups excluding carboxylic acids is 1. The third-order valence-corrected chi connectivity index (χ3v) is 4.92. The van der Waals surface area contributed by atoms with Crippen molar-refractivity contribution in [3.8, 4) is 6.07 Å². The van der Waals surface area contributed by atoms with Crippen LogP contribution in [0.25, 0.3) is 0 Å². The van der Waals surface area contributed by atoms with Crippen LogP contribution in [0.15, 0.2) is 18.2 Å². The molecule has 3 atom stereocenters.